The minimum absolute atomic E-state index is 0.609. The molecule has 1 aliphatic heterocycles. The van der Waals surface area contributed by atoms with Gasteiger partial charge in [-0.15, -0.1) is 0 Å². The Bertz CT molecular complexity index is 3050. The molecule has 10 aromatic rings. The lowest BCUT2D eigenvalue weighted by molar-refractivity contribution is 0.629. The van der Waals surface area contributed by atoms with E-state index in [-0.39, 0.29) is 0 Å². The van der Waals surface area contributed by atoms with E-state index in [0.29, 0.717) is 17.5 Å². The van der Waals surface area contributed by atoms with Crippen LogP contribution >= 0.6 is 8.15 Å². The molecule has 2 aromatic heterocycles. The average molecular weight is 750 g/mol. The molecular weight excluding hydrogens is 718 g/mol. The molecule has 0 spiro atoms. The molecule has 0 saturated carbocycles. The van der Waals surface area contributed by atoms with E-state index >= 15 is 0 Å². The van der Waals surface area contributed by atoms with Crippen LogP contribution in [0.1, 0.15) is 0 Å². The second-order valence-corrected chi connectivity index (χ2v) is 15.8. The highest BCUT2D eigenvalue weighted by atomic mass is 31.1. The summed E-state index contributed by atoms with van der Waals surface area (Å²) in [5.41, 5.74) is 11.1. The van der Waals surface area contributed by atoms with Gasteiger partial charge in [0, 0.05) is 43.6 Å². The van der Waals surface area contributed by atoms with Crippen LogP contribution in [0.4, 0.5) is 0 Å². The van der Waals surface area contributed by atoms with Gasteiger partial charge in [-0.05, 0) is 64.2 Å². The Balaban J connectivity index is 1.06. The molecule has 1 unspecified atom stereocenters. The average Bonchev–Trinajstić information content (AvgIpc) is 3.68. The molecule has 8 aromatic carbocycles. The van der Waals surface area contributed by atoms with Crippen molar-refractivity contribution in [3.63, 3.8) is 0 Å². The summed E-state index contributed by atoms with van der Waals surface area (Å²) >= 11 is 0. The molecule has 1 aliphatic rings. The lowest BCUT2D eigenvalue weighted by atomic mass is 9.93. The molecule has 57 heavy (non-hydrogen) atoms. The molecule has 0 amide bonds. The molecule has 268 valence electrons. The maximum absolute atomic E-state index is 6.68. The van der Waals surface area contributed by atoms with Crippen molar-refractivity contribution >= 4 is 40.7 Å². The second kappa shape index (κ2) is 13.8. The van der Waals surface area contributed by atoms with Crippen LogP contribution in [0.2, 0.25) is 0 Å². The van der Waals surface area contributed by atoms with Gasteiger partial charge >= 0.3 is 0 Å². The standard InChI is InChI=1S/C51H32N3O2P/c1-4-15-33(16-5-1)49-52-50(34-17-6-2-7-18-34)54-51(53-49)41-23-11-10-21-38(41)40-24-14-26-46-48(40)43-32-35(27-29-44(43)55-46)36-28-30-47-42(31-36)39-22-12-13-25-45(39)56-57(47)37-19-8-3-9-20-37/h1-32H. The summed E-state index contributed by atoms with van der Waals surface area (Å²) in [6.07, 6.45) is 0. The minimum Gasteiger partial charge on any atom is -0.464 e. The third kappa shape index (κ3) is 5.88. The van der Waals surface area contributed by atoms with Crippen molar-refractivity contribution in [3.05, 3.63) is 194 Å². The van der Waals surface area contributed by atoms with Gasteiger partial charge in [0.2, 0.25) is 0 Å². The van der Waals surface area contributed by atoms with Crippen LogP contribution < -0.4 is 15.1 Å². The van der Waals surface area contributed by atoms with Crippen molar-refractivity contribution in [2.45, 2.75) is 0 Å². The third-order valence-electron chi connectivity index (χ3n) is 10.6. The summed E-state index contributed by atoms with van der Waals surface area (Å²) in [6.45, 7) is 0. The Morgan fingerprint density at radius 3 is 1.68 bits per heavy atom. The van der Waals surface area contributed by atoms with Crippen LogP contribution in [-0.4, -0.2) is 15.0 Å². The van der Waals surface area contributed by atoms with Crippen LogP contribution in [0.15, 0.2) is 199 Å². The van der Waals surface area contributed by atoms with Gasteiger partial charge in [0.1, 0.15) is 16.9 Å². The van der Waals surface area contributed by atoms with E-state index in [1.165, 1.54) is 16.2 Å². The minimum atomic E-state index is -1.01. The van der Waals surface area contributed by atoms with Gasteiger partial charge in [0.05, 0.1) is 0 Å². The summed E-state index contributed by atoms with van der Waals surface area (Å²) in [4.78, 5) is 15.1. The van der Waals surface area contributed by atoms with Gasteiger partial charge in [0.15, 0.2) is 25.6 Å². The number of benzene rings is 8. The molecular formula is C51H32N3O2P. The molecule has 0 saturated heterocycles. The fraction of sp³-hybridized carbons (Fsp3) is 0. The summed E-state index contributed by atoms with van der Waals surface area (Å²) in [6, 6.07) is 67.0. The summed E-state index contributed by atoms with van der Waals surface area (Å²) in [7, 11) is -1.01. The predicted molar refractivity (Wildman–Crippen MR) is 233 cm³/mol. The van der Waals surface area contributed by atoms with E-state index in [1.54, 1.807) is 0 Å². The lowest BCUT2D eigenvalue weighted by Gasteiger charge is -2.29. The van der Waals surface area contributed by atoms with Gasteiger partial charge in [0.25, 0.3) is 0 Å². The fourth-order valence-electron chi connectivity index (χ4n) is 7.85. The normalized spacial score (nSPS) is 13.2. The second-order valence-electron chi connectivity index (χ2n) is 14.0. The summed E-state index contributed by atoms with van der Waals surface area (Å²) in [5.74, 6) is 2.78. The maximum atomic E-state index is 6.68. The number of furan rings is 1. The van der Waals surface area contributed by atoms with E-state index in [1.807, 2.05) is 78.9 Å². The molecule has 1 atom stereocenters. The largest absolute Gasteiger partial charge is 0.464 e. The molecule has 0 bridgehead atoms. The predicted octanol–water partition coefficient (Wildman–Crippen LogP) is 12.5. The first-order chi connectivity index (χ1) is 28.2. The quantitative estimate of drug-likeness (QED) is 0.158. The number of rotatable bonds is 6. The van der Waals surface area contributed by atoms with Crippen molar-refractivity contribution in [1.29, 1.82) is 0 Å². The molecule has 11 rings (SSSR count). The lowest BCUT2D eigenvalue weighted by Crippen LogP contribution is -2.21. The Morgan fingerprint density at radius 2 is 0.947 bits per heavy atom. The maximum Gasteiger partial charge on any atom is 0.164 e. The smallest absolute Gasteiger partial charge is 0.164 e. The number of fused-ring (bicyclic) bond motifs is 6. The van der Waals surface area contributed by atoms with Crippen LogP contribution in [-0.2, 0) is 0 Å². The Hall–Kier alpha value is -7.20. The third-order valence-corrected chi connectivity index (χ3v) is 12.5. The fourth-order valence-corrected chi connectivity index (χ4v) is 9.75. The van der Waals surface area contributed by atoms with E-state index in [4.69, 9.17) is 23.9 Å². The first kappa shape index (κ1) is 33.2. The van der Waals surface area contributed by atoms with Crippen molar-refractivity contribution in [3.8, 4) is 73.3 Å². The van der Waals surface area contributed by atoms with Gasteiger partial charge in [-0.3, -0.25) is 0 Å². The van der Waals surface area contributed by atoms with E-state index < -0.39 is 8.15 Å². The number of hydrogen-bond acceptors (Lipinski definition) is 5. The van der Waals surface area contributed by atoms with Crippen LogP contribution in [0.5, 0.6) is 5.75 Å². The first-order valence-corrected chi connectivity index (χ1v) is 20.2. The van der Waals surface area contributed by atoms with Crippen LogP contribution in [0.25, 0.3) is 89.5 Å². The van der Waals surface area contributed by atoms with Crippen molar-refractivity contribution in [2.24, 2.45) is 0 Å². The van der Waals surface area contributed by atoms with E-state index in [9.17, 15) is 0 Å². The molecule has 0 N–H and O–H groups in total. The van der Waals surface area contributed by atoms with Gasteiger partial charge in [-0.2, -0.15) is 0 Å². The molecule has 6 heteroatoms. The molecule has 5 nitrogen and oxygen atoms in total. The topological polar surface area (TPSA) is 61.0 Å². The van der Waals surface area contributed by atoms with Gasteiger partial charge in [-0.1, -0.05) is 158 Å². The monoisotopic (exact) mass is 749 g/mol. The number of aromatic nitrogens is 3. The molecule has 0 fully saturated rings. The SMILES string of the molecule is c1ccc(-c2nc(-c3ccccc3)nc(-c3ccccc3-c3cccc4oc5ccc(-c6ccc7c(c6)-c6ccccc6OP7c6ccccc6)cc5c34)n2)cc1. The van der Waals surface area contributed by atoms with Crippen molar-refractivity contribution in [1.82, 2.24) is 15.0 Å². The number of para-hydroxylation sites is 1. The number of hydrogen-bond donors (Lipinski definition) is 0. The Kier molecular flexibility index (Phi) is 8.04. The zero-order chi connectivity index (χ0) is 37.7. The number of nitrogens with zero attached hydrogens (tertiary/aromatic N) is 3. The van der Waals surface area contributed by atoms with E-state index in [2.05, 4.69) is 115 Å². The highest BCUT2D eigenvalue weighted by Crippen LogP contribution is 2.49. The summed E-state index contributed by atoms with van der Waals surface area (Å²) in [5, 5.41) is 4.51. The van der Waals surface area contributed by atoms with Crippen molar-refractivity contribution in [2.75, 3.05) is 0 Å². The zero-order valence-electron chi connectivity index (χ0n) is 30.6. The van der Waals surface area contributed by atoms with Crippen LogP contribution in [0, 0.1) is 0 Å². The van der Waals surface area contributed by atoms with E-state index in [0.717, 1.165) is 72.2 Å². The molecule has 0 radical (unpaired) electrons. The Morgan fingerprint density at radius 1 is 0.368 bits per heavy atom. The van der Waals surface area contributed by atoms with Gasteiger partial charge in [-0.25, -0.2) is 15.0 Å². The molecule has 3 heterocycles. The van der Waals surface area contributed by atoms with Crippen LogP contribution in [0.3, 0.4) is 0 Å². The first-order valence-electron chi connectivity index (χ1n) is 18.9. The Labute approximate surface area is 330 Å². The zero-order valence-corrected chi connectivity index (χ0v) is 31.5. The highest BCUT2D eigenvalue weighted by Gasteiger charge is 2.28. The molecule has 0 aliphatic carbocycles. The summed E-state index contributed by atoms with van der Waals surface area (Å²) < 4.78 is 13.2. The van der Waals surface area contributed by atoms with Crippen molar-refractivity contribution < 1.29 is 8.94 Å². The highest BCUT2D eigenvalue weighted by molar-refractivity contribution is 7.69. The van der Waals surface area contributed by atoms with Gasteiger partial charge < -0.3 is 8.94 Å².